The minimum atomic E-state index is -3.66. The number of hydrogen-bond donors (Lipinski definition) is 1. The van der Waals surface area contributed by atoms with Crippen LogP contribution in [0.3, 0.4) is 0 Å². The molecule has 0 saturated carbocycles. The molecule has 0 amide bonds. The maximum absolute atomic E-state index is 13.3. The van der Waals surface area contributed by atoms with Crippen LogP contribution in [0.1, 0.15) is 5.56 Å². The lowest BCUT2D eigenvalue weighted by molar-refractivity contribution is 0.414. The van der Waals surface area contributed by atoms with E-state index in [1.165, 1.54) is 13.2 Å². The molecule has 6 heteroatoms. The molecule has 0 aliphatic rings. The van der Waals surface area contributed by atoms with E-state index >= 15 is 0 Å². The fraction of sp³-hybridized carbons (Fsp3) is 0.143. The molecule has 0 aliphatic carbocycles. The Balaban J connectivity index is 2.35. The lowest BCUT2D eigenvalue weighted by Crippen LogP contribution is -2.06. The fourth-order valence-corrected chi connectivity index (χ4v) is 3.22. The highest BCUT2D eigenvalue weighted by molar-refractivity contribution is 7.90. The molecule has 0 fully saturated rings. The van der Waals surface area contributed by atoms with Gasteiger partial charge in [0.25, 0.3) is 0 Å². The largest absolute Gasteiger partial charge is 0.497 e. The van der Waals surface area contributed by atoms with E-state index in [9.17, 15) is 12.8 Å². The van der Waals surface area contributed by atoms with Crippen molar-refractivity contribution >= 4 is 15.5 Å². The third kappa shape index (κ3) is 3.27. The van der Waals surface area contributed by atoms with Crippen molar-refractivity contribution in [2.75, 3.05) is 12.8 Å². The number of sulfone groups is 1. The molecule has 0 saturated heterocycles. The number of hydrogen-bond acceptors (Lipinski definition) is 4. The van der Waals surface area contributed by atoms with Gasteiger partial charge in [0.05, 0.1) is 17.8 Å². The van der Waals surface area contributed by atoms with Gasteiger partial charge in [-0.3, -0.25) is 0 Å². The molecule has 106 valence electrons. The number of anilines is 1. The van der Waals surface area contributed by atoms with E-state index in [0.29, 0.717) is 11.3 Å². The van der Waals surface area contributed by atoms with Crippen molar-refractivity contribution in [3.8, 4) is 5.75 Å². The molecule has 2 N–H and O–H groups in total. The SMILES string of the molecule is COc1cccc(CS(=O)(=O)c2cc(N)cc(F)c2)c1. The molecule has 0 atom stereocenters. The van der Waals surface area contributed by atoms with Gasteiger partial charge >= 0.3 is 0 Å². The smallest absolute Gasteiger partial charge is 0.182 e. The van der Waals surface area contributed by atoms with Crippen molar-refractivity contribution in [1.29, 1.82) is 0 Å². The lowest BCUT2D eigenvalue weighted by atomic mass is 10.2. The van der Waals surface area contributed by atoms with Gasteiger partial charge in [0.2, 0.25) is 0 Å². The Hall–Kier alpha value is -2.08. The molecular formula is C14H14FNO3S. The molecule has 2 rings (SSSR count). The van der Waals surface area contributed by atoms with Gasteiger partial charge in [-0.25, -0.2) is 12.8 Å². The van der Waals surface area contributed by atoms with E-state index in [4.69, 9.17) is 10.5 Å². The summed E-state index contributed by atoms with van der Waals surface area (Å²) < 4.78 is 42.8. The van der Waals surface area contributed by atoms with Gasteiger partial charge in [0, 0.05) is 5.69 Å². The average Bonchev–Trinajstić information content (AvgIpc) is 2.37. The van der Waals surface area contributed by atoms with E-state index in [2.05, 4.69) is 0 Å². The molecule has 0 aliphatic heterocycles. The Morgan fingerprint density at radius 2 is 1.95 bits per heavy atom. The van der Waals surface area contributed by atoms with Gasteiger partial charge in [-0.2, -0.15) is 0 Å². The van der Waals surface area contributed by atoms with Crippen LogP contribution in [0.25, 0.3) is 0 Å². The molecule has 0 unspecified atom stereocenters. The minimum Gasteiger partial charge on any atom is -0.497 e. The van der Waals surface area contributed by atoms with Gasteiger partial charge < -0.3 is 10.5 Å². The van der Waals surface area contributed by atoms with Crippen molar-refractivity contribution in [3.63, 3.8) is 0 Å². The first-order valence-electron chi connectivity index (χ1n) is 5.82. The van der Waals surface area contributed by atoms with Gasteiger partial charge in [0.15, 0.2) is 9.84 Å². The number of methoxy groups -OCH3 is 1. The van der Waals surface area contributed by atoms with Gasteiger partial charge in [-0.1, -0.05) is 12.1 Å². The Morgan fingerprint density at radius 3 is 2.60 bits per heavy atom. The van der Waals surface area contributed by atoms with Gasteiger partial charge in [0.1, 0.15) is 11.6 Å². The highest BCUT2D eigenvalue weighted by Crippen LogP contribution is 2.22. The second-order valence-electron chi connectivity index (χ2n) is 4.33. The normalized spacial score (nSPS) is 11.3. The third-order valence-electron chi connectivity index (χ3n) is 2.74. The van der Waals surface area contributed by atoms with Crippen LogP contribution in [-0.2, 0) is 15.6 Å². The molecule has 2 aromatic carbocycles. The van der Waals surface area contributed by atoms with Crippen LogP contribution in [0.15, 0.2) is 47.4 Å². The Kier molecular flexibility index (Phi) is 3.94. The predicted octanol–water partition coefficient (Wildman–Crippen LogP) is 2.39. The van der Waals surface area contributed by atoms with Crippen LogP contribution in [-0.4, -0.2) is 15.5 Å². The van der Waals surface area contributed by atoms with E-state index in [1.807, 2.05) is 0 Å². The van der Waals surface area contributed by atoms with E-state index in [0.717, 1.165) is 12.1 Å². The van der Waals surface area contributed by atoms with E-state index in [-0.39, 0.29) is 16.3 Å². The van der Waals surface area contributed by atoms with Gasteiger partial charge in [-0.15, -0.1) is 0 Å². The molecule has 4 nitrogen and oxygen atoms in total. The molecule has 0 radical (unpaired) electrons. The number of nitrogen functional groups attached to an aromatic ring is 1. The Labute approximate surface area is 116 Å². The first-order chi connectivity index (χ1) is 9.40. The summed E-state index contributed by atoms with van der Waals surface area (Å²) in [4.78, 5) is -0.127. The summed E-state index contributed by atoms with van der Waals surface area (Å²) in [7, 11) is -2.16. The van der Waals surface area contributed by atoms with Gasteiger partial charge in [-0.05, 0) is 35.9 Å². The van der Waals surface area contributed by atoms with Crippen LogP contribution in [0, 0.1) is 5.82 Å². The van der Waals surface area contributed by atoms with Crippen LogP contribution >= 0.6 is 0 Å². The van der Waals surface area contributed by atoms with E-state index < -0.39 is 15.7 Å². The lowest BCUT2D eigenvalue weighted by Gasteiger charge is -2.07. The maximum Gasteiger partial charge on any atom is 0.182 e. The van der Waals surface area contributed by atoms with Crippen LogP contribution < -0.4 is 10.5 Å². The van der Waals surface area contributed by atoms with Crippen molar-refractivity contribution in [2.45, 2.75) is 10.6 Å². The molecule has 0 aromatic heterocycles. The second kappa shape index (κ2) is 5.50. The van der Waals surface area contributed by atoms with E-state index in [1.54, 1.807) is 24.3 Å². The monoisotopic (exact) mass is 295 g/mol. The topological polar surface area (TPSA) is 69.4 Å². The highest BCUT2D eigenvalue weighted by Gasteiger charge is 2.17. The quantitative estimate of drug-likeness (QED) is 0.879. The summed E-state index contributed by atoms with van der Waals surface area (Å²) in [6.45, 7) is 0. The summed E-state index contributed by atoms with van der Waals surface area (Å²) in [5.41, 5.74) is 6.11. The number of rotatable bonds is 4. The number of halogens is 1. The number of nitrogens with two attached hydrogens (primary N) is 1. The molecule has 0 spiro atoms. The zero-order valence-electron chi connectivity index (χ0n) is 10.8. The molecule has 2 aromatic rings. The predicted molar refractivity (Wildman–Crippen MR) is 74.7 cm³/mol. The molecule has 0 heterocycles. The minimum absolute atomic E-state index is 0.0780. The molecule has 0 bridgehead atoms. The van der Waals surface area contributed by atoms with Crippen LogP contribution in [0.5, 0.6) is 5.75 Å². The zero-order chi connectivity index (χ0) is 14.8. The average molecular weight is 295 g/mol. The summed E-state index contributed by atoms with van der Waals surface area (Å²) in [5, 5.41) is 0. The fourth-order valence-electron chi connectivity index (χ4n) is 1.83. The van der Waals surface area contributed by atoms with Crippen LogP contribution in [0.2, 0.25) is 0 Å². The summed E-state index contributed by atoms with van der Waals surface area (Å²) >= 11 is 0. The van der Waals surface area contributed by atoms with Crippen molar-refractivity contribution in [2.24, 2.45) is 0 Å². The first-order valence-corrected chi connectivity index (χ1v) is 7.48. The summed E-state index contributed by atoms with van der Waals surface area (Å²) in [6.07, 6.45) is 0. The molecule has 20 heavy (non-hydrogen) atoms. The third-order valence-corrected chi connectivity index (χ3v) is 4.41. The zero-order valence-corrected chi connectivity index (χ0v) is 11.7. The standard InChI is InChI=1S/C14H14FNO3S/c1-19-13-4-2-3-10(5-13)9-20(17,18)14-7-11(15)6-12(16)8-14/h2-8H,9,16H2,1H3. The van der Waals surface area contributed by atoms with Crippen molar-refractivity contribution < 1.29 is 17.5 Å². The Bertz CT molecular complexity index is 709. The Morgan fingerprint density at radius 1 is 1.20 bits per heavy atom. The van der Waals surface area contributed by atoms with Crippen molar-refractivity contribution in [3.05, 3.63) is 53.8 Å². The maximum atomic E-state index is 13.3. The molecular weight excluding hydrogens is 281 g/mol. The summed E-state index contributed by atoms with van der Waals surface area (Å²) in [6, 6.07) is 10.00. The first kappa shape index (κ1) is 14.3. The van der Waals surface area contributed by atoms with Crippen molar-refractivity contribution in [1.82, 2.24) is 0 Å². The number of benzene rings is 2. The summed E-state index contributed by atoms with van der Waals surface area (Å²) in [5.74, 6) is -0.349. The number of ether oxygens (including phenoxy) is 1. The highest BCUT2D eigenvalue weighted by atomic mass is 32.2. The van der Waals surface area contributed by atoms with Crippen LogP contribution in [0.4, 0.5) is 10.1 Å². The second-order valence-corrected chi connectivity index (χ2v) is 6.32.